The largest absolute Gasteiger partial charge is 0.507 e. The monoisotopic (exact) mass is 453 g/mol. The molecule has 0 spiro atoms. The molecule has 0 saturated heterocycles. The summed E-state index contributed by atoms with van der Waals surface area (Å²) in [6.07, 6.45) is 7.52. The van der Waals surface area contributed by atoms with E-state index in [0.29, 0.717) is 10.7 Å². The second-order valence-electron chi connectivity index (χ2n) is 10.0. The molecule has 4 saturated carbocycles. The highest BCUT2D eigenvalue weighted by Gasteiger charge is 2.51. The number of hydrogen-bond donors (Lipinski definition) is 2. The van der Waals surface area contributed by atoms with Gasteiger partial charge in [-0.25, -0.2) is 4.79 Å². The molecular weight excluding hydrogens is 426 g/mol. The number of amides is 1. The van der Waals surface area contributed by atoms with Gasteiger partial charge >= 0.3 is 5.97 Å². The first-order chi connectivity index (χ1) is 15.3. The Bertz CT molecular complexity index is 1040. The Hall–Kier alpha value is -2.53. The van der Waals surface area contributed by atoms with Gasteiger partial charge in [0.25, 0.3) is 5.91 Å². The first kappa shape index (κ1) is 21.3. The van der Waals surface area contributed by atoms with Crippen LogP contribution >= 0.6 is 11.6 Å². The minimum atomic E-state index is -0.689. The van der Waals surface area contributed by atoms with Crippen molar-refractivity contribution in [2.45, 2.75) is 50.9 Å². The molecule has 0 aromatic heterocycles. The van der Waals surface area contributed by atoms with E-state index in [4.69, 9.17) is 16.3 Å². The lowest BCUT2D eigenvalue weighted by Gasteiger charge is -2.57. The number of benzene rings is 2. The number of nitrogens with one attached hydrogen (secondary N) is 1. The average Bonchev–Trinajstić information content (AvgIpc) is 2.74. The minimum Gasteiger partial charge on any atom is -0.507 e. The molecule has 32 heavy (non-hydrogen) atoms. The van der Waals surface area contributed by atoms with Gasteiger partial charge in [0.1, 0.15) is 11.3 Å². The maximum Gasteiger partial charge on any atom is 0.342 e. The summed E-state index contributed by atoms with van der Waals surface area (Å²) >= 11 is 6.08. The van der Waals surface area contributed by atoms with E-state index in [1.807, 2.05) is 13.0 Å². The van der Waals surface area contributed by atoms with Crippen LogP contribution in [-0.4, -0.2) is 23.6 Å². The van der Waals surface area contributed by atoms with Crippen molar-refractivity contribution in [3.8, 4) is 5.75 Å². The number of aryl methyl sites for hydroxylation is 1. The van der Waals surface area contributed by atoms with Crippen LogP contribution in [-0.2, 0) is 14.9 Å². The zero-order valence-corrected chi connectivity index (χ0v) is 19.0. The molecule has 4 aliphatic carbocycles. The number of aromatic hydroxyl groups is 1. The molecule has 4 aliphatic rings. The summed E-state index contributed by atoms with van der Waals surface area (Å²) in [7, 11) is 0. The second-order valence-corrected chi connectivity index (χ2v) is 10.4. The van der Waals surface area contributed by atoms with E-state index < -0.39 is 18.5 Å². The first-order valence-electron chi connectivity index (χ1n) is 11.4. The third kappa shape index (κ3) is 3.99. The molecule has 0 aliphatic heterocycles. The van der Waals surface area contributed by atoms with Gasteiger partial charge in [0, 0.05) is 10.7 Å². The molecule has 4 bridgehead atoms. The van der Waals surface area contributed by atoms with Crippen LogP contribution in [0.2, 0.25) is 5.02 Å². The van der Waals surface area contributed by atoms with Crippen molar-refractivity contribution in [2.24, 2.45) is 17.8 Å². The number of esters is 1. The second kappa shape index (κ2) is 8.11. The Labute approximate surface area is 193 Å². The molecule has 0 heterocycles. The standard InChI is InChI=1S/C26H28ClNO4/c1-15-2-4-20(10-22(15)27)28-24(30)14-32-25(31)21-9-19(3-5-23(21)29)26-11-16-6-17(12-26)8-18(7-16)13-26/h2-5,9-10,16-18,29H,6-8,11-14H2,1H3,(H,28,30). The Morgan fingerprint density at radius 1 is 1.06 bits per heavy atom. The van der Waals surface area contributed by atoms with Crippen molar-refractivity contribution in [3.05, 3.63) is 58.1 Å². The Morgan fingerprint density at radius 2 is 1.72 bits per heavy atom. The van der Waals surface area contributed by atoms with Crippen molar-refractivity contribution < 1.29 is 19.4 Å². The van der Waals surface area contributed by atoms with Gasteiger partial charge in [0.15, 0.2) is 6.61 Å². The summed E-state index contributed by atoms with van der Waals surface area (Å²) in [5, 5.41) is 13.5. The molecule has 168 valence electrons. The van der Waals surface area contributed by atoms with Crippen molar-refractivity contribution >= 4 is 29.2 Å². The molecule has 6 rings (SSSR count). The van der Waals surface area contributed by atoms with Gasteiger partial charge in [-0.2, -0.15) is 0 Å². The zero-order chi connectivity index (χ0) is 22.5. The lowest BCUT2D eigenvalue weighted by Crippen LogP contribution is -2.48. The third-order valence-electron chi connectivity index (χ3n) is 7.66. The molecule has 2 aromatic carbocycles. The van der Waals surface area contributed by atoms with Gasteiger partial charge in [-0.15, -0.1) is 0 Å². The van der Waals surface area contributed by atoms with Crippen LogP contribution in [0.5, 0.6) is 5.75 Å². The van der Waals surface area contributed by atoms with Gasteiger partial charge in [0.05, 0.1) is 0 Å². The van der Waals surface area contributed by atoms with Gasteiger partial charge in [-0.05, 0) is 104 Å². The summed E-state index contributed by atoms with van der Waals surface area (Å²) in [5.74, 6) is 1.08. The highest BCUT2D eigenvalue weighted by molar-refractivity contribution is 6.31. The number of hydrogen-bond acceptors (Lipinski definition) is 4. The fourth-order valence-corrected chi connectivity index (χ4v) is 6.75. The maximum atomic E-state index is 12.7. The third-order valence-corrected chi connectivity index (χ3v) is 8.06. The van der Waals surface area contributed by atoms with Crippen LogP contribution < -0.4 is 5.32 Å². The predicted molar refractivity (Wildman–Crippen MR) is 123 cm³/mol. The van der Waals surface area contributed by atoms with E-state index in [-0.39, 0.29) is 16.7 Å². The van der Waals surface area contributed by atoms with Gasteiger partial charge in [0.2, 0.25) is 0 Å². The molecular formula is C26H28ClNO4. The quantitative estimate of drug-likeness (QED) is 0.576. The highest BCUT2D eigenvalue weighted by Crippen LogP contribution is 2.60. The maximum absolute atomic E-state index is 12.7. The molecule has 2 N–H and O–H groups in total. The molecule has 6 heteroatoms. The summed E-state index contributed by atoms with van der Waals surface area (Å²) in [5.41, 5.74) is 2.81. The van der Waals surface area contributed by atoms with Crippen LogP contribution in [0.4, 0.5) is 5.69 Å². The smallest absolute Gasteiger partial charge is 0.342 e. The summed E-state index contributed by atoms with van der Waals surface area (Å²) < 4.78 is 5.23. The minimum absolute atomic E-state index is 0.111. The van der Waals surface area contributed by atoms with Crippen LogP contribution in [0.25, 0.3) is 0 Å². The van der Waals surface area contributed by atoms with E-state index in [9.17, 15) is 14.7 Å². The van der Waals surface area contributed by atoms with Crippen LogP contribution in [0.1, 0.15) is 60.0 Å². The predicted octanol–water partition coefficient (Wildman–Crippen LogP) is 5.62. The number of carbonyl (C=O) groups excluding carboxylic acids is 2. The summed E-state index contributed by atoms with van der Waals surface area (Å²) in [6, 6.07) is 10.5. The fraction of sp³-hybridized carbons (Fsp3) is 0.462. The number of rotatable bonds is 5. The fourth-order valence-electron chi connectivity index (χ4n) is 6.57. The van der Waals surface area contributed by atoms with Gasteiger partial charge in [-0.1, -0.05) is 23.7 Å². The van der Waals surface area contributed by atoms with Crippen molar-refractivity contribution in [3.63, 3.8) is 0 Å². The molecule has 4 fully saturated rings. The summed E-state index contributed by atoms with van der Waals surface area (Å²) in [6.45, 7) is 1.44. The van der Waals surface area contributed by atoms with E-state index in [1.54, 1.807) is 30.3 Å². The van der Waals surface area contributed by atoms with Crippen molar-refractivity contribution in [1.29, 1.82) is 0 Å². The molecule has 1 amide bonds. The normalized spacial score (nSPS) is 27.9. The van der Waals surface area contributed by atoms with Crippen molar-refractivity contribution in [2.75, 3.05) is 11.9 Å². The average molecular weight is 454 g/mol. The number of phenolic OH excluding ortho intramolecular Hbond substituents is 1. The number of carbonyl (C=O) groups is 2. The van der Waals surface area contributed by atoms with Crippen molar-refractivity contribution in [1.82, 2.24) is 0 Å². The van der Waals surface area contributed by atoms with Crippen LogP contribution in [0.3, 0.4) is 0 Å². The number of phenols is 1. The van der Waals surface area contributed by atoms with E-state index in [0.717, 1.165) is 28.9 Å². The summed E-state index contributed by atoms with van der Waals surface area (Å²) in [4.78, 5) is 24.9. The highest BCUT2D eigenvalue weighted by atomic mass is 35.5. The number of halogens is 1. The van der Waals surface area contributed by atoms with Crippen LogP contribution in [0, 0.1) is 24.7 Å². The van der Waals surface area contributed by atoms with Crippen LogP contribution in [0.15, 0.2) is 36.4 Å². The molecule has 0 unspecified atom stereocenters. The topological polar surface area (TPSA) is 75.6 Å². The zero-order valence-electron chi connectivity index (χ0n) is 18.2. The lowest BCUT2D eigenvalue weighted by atomic mass is 9.48. The molecule has 0 radical (unpaired) electrons. The van der Waals surface area contributed by atoms with Gasteiger partial charge < -0.3 is 15.2 Å². The Kier molecular flexibility index (Phi) is 5.40. The molecule has 2 aromatic rings. The first-order valence-corrected chi connectivity index (χ1v) is 11.8. The number of anilines is 1. The molecule has 0 atom stereocenters. The Balaban J connectivity index is 1.27. The van der Waals surface area contributed by atoms with Gasteiger partial charge in [-0.3, -0.25) is 4.79 Å². The van der Waals surface area contributed by atoms with E-state index in [1.165, 1.54) is 38.5 Å². The lowest BCUT2D eigenvalue weighted by molar-refractivity contribution is -0.119. The molecule has 5 nitrogen and oxygen atoms in total. The number of ether oxygens (including phenoxy) is 1. The van der Waals surface area contributed by atoms with E-state index in [2.05, 4.69) is 5.32 Å². The van der Waals surface area contributed by atoms with E-state index >= 15 is 0 Å². The Morgan fingerprint density at radius 3 is 2.34 bits per heavy atom. The SMILES string of the molecule is Cc1ccc(NC(=O)COC(=O)c2cc(C34CC5CC(CC(C5)C3)C4)ccc2O)cc1Cl.